The van der Waals surface area contributed by atoms with Gasteiger partial charge in [0.2, 0.25) is 0 Å². The summed E-state index contributed by atoms with van der Waals surface area (Å²) in [7, 11) is -0.708. The molecule has 1 fully saturated rings. The number of benzene rings is 2. The van der Waals surface area contributed by atoms with Crippen molar-refractivity contribution >= 4 is 30.1 Å². The minimum absolute atomic E-state index is 0.0123. The summed E-state index contributed by atoms with van der Waals surface area (Å²) in [5.74, 6) is -0.209. The Kier molecular flexibility index (Phi) is 6.65. The SMILES string of the molecule is CC(C)(C)c1cc(NC(=O)Nc2ccc(B3OC(C)(C)C(C)(C)O3)cc2F)n(-c2ccc(C#N)cc2)n1. The Morgan fingerprint density at radius 1 is 1.03 bits per heavy atom. The first-order valence-corrected chi connectivity index (χ1v) is 12.0. The average molecular weight is 503 g/mol. The first kappa shape index (κ1) is 26.4. The number of anilines is 2. The third-order valence-corrected chi connectivity index (χ3v) is 6.73. The van der Waals surface area contributed by atoms with Gasteiger partial charge in [-0.25, -0.2) is 13.9 Å². The molecular weight excluding hydrogens is 472 g/mol. The van der Waals surface area contributed by atoms with Gasteiger partial charge in [0.05, 0.1) is 39.9 Å². The van der Waals surface area contributed by atoms with Crippen LogP contribution in [0.2, 0.25) is 0 Å². The van der Waals surface area contributed by atoms with Crippen molar-refractivity contribution in [3.8, 4) is 11.8 Å². The predicted octanol–water partition coefficient (Wildman–Crippen LogP) is 5.12. The van der Waals surface area contributed by atoms with Gasteiger partial charge in [0.15, 0.2) is 0 Å². The monoisotopic (exact) mass is 503 g/mol. The topological polar surface area (TPSA) is 101 Å². The summed E-state index contributed by atoms with van der Waals surface area (Å²) >= 11 is 0. The van der Waals surface area contributed by atoms with E-state index in [-0.39, 0.29) is 11.1 Å². The molecule has 1 aromatic heterocycles. The van der Waals surface area contributed by atoms with Gasteiger partial charge in [-0.1, -0.05) is 26.8 Å². The lowest BCUT2D eigenvalue weighted by Crippen LogP contribution is -2.41. The van der Waals surface area contributed by atoms with Crippen LogP contribution in [0.4, 0.5) is 20.7 Å². The highest BCUT2D eigenvalue weighted by atomic mass is 19.1. The average Bonchev–Trinajstić information content (AvgIpc) is 3.32. The van der Waals surface area contributed by atoms with Crippen molar-refractivity contribution in [1.82, 2.24) is 9.78 Å². The number of hydrogen-bond donors (Lipinski definition) is 2. The quantitative estimate of drug-likeness (QED) is 0.481. The number of nitrogens with zero attached hydrogens (tertiary/aromatic N) is 3. The molecule has 0 atom stereocenters. The fourth-order valence-corrected chi connectivity index (χ4v) is 3.74. The molecule has 192 valence electrons. The molecule has 1 saturated heterocycles. The zero-order chi connectivity index (χ0) is 27.2. The number of hydrogen-bond acceptors (Lipinski definition) is 5. The van der Waals surface area contributed by atoms with Gasteiger partial charge < -0.3 is 14.6 Å². The molecule has 3 aromatic rings. The van der Waals surface area contributed by atoms with E-state index in [1.807, 2.05) is 48.5 Å². The summed E-state index contributed by atoms with van der Waals surface area (Å²) < 4.78 is 28.5. The molecule has 2 aromatic carbocycles. The number of nitriles is 1. The van der Waals surface area contributed by atoms with Crippen LogP contribution in [-0.2, 0) is 14.7 Å². The summed E-state index contributed by atoms with van der Waals surface area (Å²) in [5, 5.41) is 19.1. The van der Waals surface area contributed by atoms with E-state index in [9.17, 15) is 9.18 Å². The zero-order valence-corrected chi connectivity index (χ0v) is 22.1. The number of aromatic nitrogens is 2. The highest BCUT2D eigenvalue weighted by molar-refractivity contribution is 6.62. The number of halogens is 1. The molecule has 2 amide bonds. The molecule has 37 heavy (non-hydrogen) atoms. The molecule has 0 spiro atoms. The highest BCUT2D eigenvalue weighted by Gasteiger charge is 2.51. The first-order valence-electron chi connectivity index (χ1n) is 12.0. The molecule has 0 aliphatic carbocycles. The number of carbonyl (C=O) groups is 1. The normalized spacial score (nSPS) is 16.4. The van der Waals surface area contributed by atoms with E-state index in [0.717, 1.165) is 5.69 Å². The summed E-state index contributed by atoms with van der Waals surface area (Å²) in [6.45, 7) is 13.8. The third-order valence-electron chi connectivity index (χ3n) is 6.73. The molecule has 2 N–H and O–H groups in total. The van der Waals surface area contributed by atoms with Crippen molar-refractivity contribution in [3.63, 3.8) is 0 Å². The Morgan fingerprint density at radius 2 is 1.65 bits per heavy atom. The van der Waals surface area contributed by atoms with Crippen LogP contribution in [0.3, 0.4) is 0 Å². The summed E-state index contributed by atoms with van der Waals surface area (Å²) in [5.41, 5.74) is 1.10. The Bertz CT molecular complexity index is 1350. The molecule has 1 aliphatic heterocycles. The van der Waals surface area contributed by atoms with Crippen molar-refractivity contribution < 1.29 is 18.5 Å². The van der Waals surface area contributed by atoms with E-state index in [2.05, 4.69) is 21.8 Å². The minimum atomic E-state index is -0.708. The molecule has 10 heteroatoms. The molecular formula is C27H31BFN5O3. The van der Waals surface area contributed by atoms with E-state index in [1.165, 1.54) is 12.1 Å². The Labute approximate surface area is 216 Å². The van der Waals surface area contributed by atoms with Gasteiger partial charge in [-0.05, 0) is 69.6 Å². The van der Waals surface area contributed by atoms with Gasteiger partial charge in [-0.2, -0.15) is 10.4 Å². The minimum Gasteiger partial charge on any atom is -0.399 e. The number of urea groups is 1. The van der Waals surface area contributed by atoms with Crippen LogP contribution in [0, 0.1) is 17.1 Å². The number of carbonyl (C=O) groups excluding carboxylic acids is 1. The molecule has 0 radical (unpaired) electrons. The van der Waals surface area contributed by atoms with E-state index in [1.54, 1.807) is 41.1 Å². The highest BCUT2D eigenvalue weighted by Crippen LogP contribution is 2.36. The van der Waals surface area contributed by atoms with Gasteiger partial charge >= 0.3 is 13.1 Å². The van der Waals surface area contributed by atoms with Crippen molar-refractivity contribution in [2.45, 2.75) is 65.1 Å². The van der Waals surface area contributed by atoms with Crippen LogP contribution < -0.4 is 16.1 Å². The number of rotatable bonds is 4. The van der Waals surface area contributed by atoms with E-state index in [4.69, 9.17) is 14.6 Å². The molecule has 1 aliphatic rings. The van der Waals surface area contributed by atoms with Crippen LogP contribution in [0.25, 0.3) is 5.69 Å². The standard InChI is InChI=1S/C27H31BFN5O3/c1-25(2,3)22-15-23(34(33-22)19-11-8-17(16-30)9-12-19)32-24(35)31-21-13-10-18(14-20(21)29)28-36-26(4,5)27(6,7)37-28/h8-15H,1-7H3,(H2,31,32,35). The van der Waals surface area contributed by atoms with Crippen LogP contribution >= 0.6 is 0 Å². The fraction of sp³-hybridized carbons (Fsp3) is 0.370. The maximum absolute atomic E-state index is 15.0. The van der Waals surface area contributed by atoms with Gasteiger partial charge in [0, 0.05) is 11.5 Å². The number of nitrogens with one attached hydrogen (secondary N) is 2. The summed E-state index contributed by atoms with van der Waals surface area (Å²) in [6.07, 6.45) is 0. The van der Waals surface area contributed by atoms with E-state index < -0.39 is 30.2 Å². The molecule has 0 saturated carbocycles. The van der Waals surface area contributed by atoms with E-state index >= 15 is 0 Å². The van der Waals surface area contributed by atoms with Crippen molar-refractivity contribution in [2.75, 3.05) is 10.6 Å². The van der Waals surface area contributed by atoms with Crippen LogP contribution in [0.1, 0.15) is 59.7 Å². The largest absolute Gasteiger partial charge is 0.494 e. The lowest BCUT2D eigenvalue weighted by molar-refractivity contribution is 0.00578. The molecule has 0 unspecified atom stereocenters. The van der Waals surface area contributed by atoms with Gasteiger partial charge in [0.25, 0.3) is 0 Å². The van der Waals surface area contributed by atoms with Gasteiger partial charge in [-0.3, -0.25) is 5.32 Å². The van der Waals surface area contributed by atoms with Gasteiger partial charge in [-0.15, -0.1) is 0 Å². The second kappa shape index (κ2) is 9.32. The van der Waals surface area contributed by atoms with Crippen molar-refractivity contribution in [2.24, 2.45) is 0 Å². The van der Waals surface area contributed by atoms with E-state index in [0.29, 0.717) is 22.5 Å². The fourth-order valence-electron chi connectivity index (χ4n) is 3.74. The maximum Gasteiger partial charge on any atom is 0.494 e. The second-order valence-electron chi connectivity index (χ2n) is 11.1. The van der Waals surface area contributed by atoms with Crippen LogP contribution in [-0.4, -0.2) is 34.1 Å². The lowest BCUT2D eigenvalue weighted by Gasteiger charge is -2.32. The van der Waals surface area contributed by atoms with Crippen molar-refractivity contribution in [3.05, 3.63) is 65.6 Å². The third kappa shape index (κ3) is 5.38. The molecule has 0 bridgehead atoms. The predicted molar refractivity (Wildman–Crippen MR) is 142 cm³/mol. The van der Waals surface area contributed by atoms with Crippen LogP contribution in [0.5, 0.6) is 0 Å². The Balaban J connectivity index is 1.54. The molecule has 8 nitrogen and oxygen atoms in total. The first-order chi connectivity index (χ1) is 17.2. The zero-order valence-electron chi connectivity index (χ0n) is 22.1. The maximum atomic E-state index is 15.0. The van der Waals surface area contributed by atoms with Crippen molar-refractivity contribution in [1.29, 1.82) is 5.26 Å². The van der Waals surface area contributed by atoms with Gasteiger partial charge in [0.1, 0.15) is 11.6 Å². The second-order valence-corrected chi connectivity index (χ2v) is 11.1. The molecule has 2 heterocycles. The number of amides is 2. The smallest absolute Gasteiger partial charge is 0.399 e. The lowest BCUT2D eigenvalue weighted by atomic mass is 9.79. The summed E-state index contributed by atoms with van der Waals surface area (Å²) in [6, 6.07) is 14.5. The Morgan fingerprint density at radius 3 is 2.19 bits per heavy atom. The summed E-state index contributed by atoms with van der Waals surface area (Å²) in [4.78, 5) is 12.9. The van der Waals surface area contributed by atoms with Crippen LogP contribution in [0.15, 0.2) is 48.5 Å². The molecule has 4 rings (SSSR count). The Hall–Kier alpha value is -3.68.